The molecule has 0 aliphatic heterocycles. The first kappa shape index (κ1) is 17.2. The Kier molecular flexibility index (Phi) is 5.92. The van der Waals surface area contributed by atoms with Crippen molar-refractivity contribution < 1.29 is 0 Å². The van der Waals surface area contributed by atoms with E-state index in [1.165, 1.54) is 0 Å². The lowest BCUT2D eigenvalue weighted by atomic mass is 10.2. The number of pyridine rings is 1. The third-order valence-corrected chi connectivity index (χ3v) is 4.19. The van der Waals surface area contributed by atoms with Crippen molar-refractivity contribution >= 4 is 23.1 Å². The lowest BCUT2D eigenvalue weighted by molar-refractivity contribution is 0.470. The lowest BCUT2D eigenvalue weighted by Crippen LogP contribution is -2.38. The van der Waals surface area contributed by atoms with Crippen LogP contribution in [0.25, 0.3) is 0 Å². The SMILES string of the molecule is CN=C(NCc1cccnc1N(C)C)N(C)Cc1csc(C)n1. The first-order valence-electron chi connectivity index (χ1n) is 7.45. The Bertz CT molecular complexity index is 664. The van der Waals surface area contributed by atoms with E-state index in [9.17, 15) is 0 Å². The average molecular weight is 332 g/mol. The number of thiazole rings is 1. The van der Waals surface area contributed by atoms with Crippen molar-refractivity contribution in [3.05, 3.63) is 40.0 Å². The van der Waals surface area contributed by atoms with Gasteiger partial charge in [-0.05, 0) is 13.0 Å². The van der Waals surface area contributed by atoms with E-state index in [1.807, 2.05) is 45.2 Å². The van der Waals surface area contributed by atoms with Crippen LogP contribution in [-0.2, 0) is 13.1 Å². The number of nitrogens with zero attached hydrogens (tertiary/aromatic N) is 5. The number of aliphatic imine (C=N–C) groups is 1. The molecule has 6 nitrogen and oxygen atoms in total. The smallest absolute Gasteiger partial charge is 0.194 e. The molecule has 0 radical (unpaired) electrons. The first-order valence-corrected chi connectivity index (χ1v) is 8.33. The Balaban J connectivity index is 2.00. The van der Waals surface area contributed by atoms with Crippen molar-refractivity contribution in [1.82, 2.24) is 20.2 Å². The molecule has 0 aliphatic carbocycles. The maximum Gasteiger partial charge on any atom is 0.194 e. The Morgan fingerprint density at radius 1 is 1.35 bits per heavy atom. The van der Waals surface area contributed by atoms with Crippen LogP contribution in [0.4, 0.5) is 5.82 Å². The van der Waals surface area contributed by atoms with E-state index in [4.69, 9.17) is 0 Å². The quantitative estimate of drug-likeness (QED) is 0.671. The van der Waals surface area contributed by atoms with Gasteiger partial charge in [0.1, 0.15) is 5.82 Å². The van der Waals surface area contributed by atoms with Gasteiger partial charge in [0.05, 0.1) is 17.2 Å². The Morgan fingerprint density at radius 3 is 2.74 bits per heavy atom. The van der Waals surface area contributed by atoms with Crippen LogP contribution in [-0.4, -0.2) is 49.0 Å². The Hall–Kier alpha value is -2.15. The van der Waals surface area contributed by atoms with Crippen molar-refractivity contribution in [2.45, 2.75) is 20.0 Å². The summed E-state index contributed by atoms with van der Waals surface area (Å²) in [4.78, 5) is 17.4. The molecule has 0 saturated heterocycles. The molecule has 2 rings (SSSR count). The van der Waals surface area contributed by atoms with Crippen LogP contribution in [0.5, 0.6) is 0 Å². The molecule has 7 heteroatoms. The van der Waals surface area contributed by atoms with Gasteiger partial charge in [-0.3, -0.25) is 4.99 Å². The lowest BCUT2D eigenvalue weighted by Gasteiger charge is -2.22. The number of hydrogen-bond acceptors (Lipinski definition) is 5. The van der Waals surface area contributed by atoms with Crippen LogP contribution in [0.1, 0.15) is 16.3 Å². The molecule has 0 fully saturated rings. The standard InChI is InChI=1S/C16H24N6S/c1-12-20-14(11-23-12)10-22(5)16(17-2)19-9-13-7-6-8-18-15(13)21(3)4/h6-8,11H,9-10H2,1-5H3,(H,17,19). The maximum absolute atomic E-state index is 4.50. The van der Waals surface area contributed by atoms with Crippen LogP contribution in [0.3, 0.4) is 0 Å². The minimum absolute atomic E-state index is 0.675. The van der Waals surface area contributed by atoms with E-state index in [2.05, 4.69) is 36.6 Å². The normalized spacial score (nSPS) is 11.4. The fourth-order valence-corrected chi connectivity index (χ4v) is 2.93. The van der Waals surface area contributed by atoms with E-state index in [0.29, 0.717) is 6.54 Å². The molecule has 0 unspecified atom stereocenters. The highest BCUT2D eigenvalue weighted by Crippen LogP contribution is 2.14. The van der Waals surface area contributed by atoms with E-state index in [1.54, 1.807) is 18.4 Å². The van der Waals surface area contributed by atoms with Crippen molar-refractivity contribution in [3.8, 4) is 0 Å². The van der Waals surface area contributed by atoms with Gasteiger partial charge in [0.15, 0.2) is 5.96 Å². The molecule has 124 valence electrons. The van der Waals surface area contributed by atoms with E-state index >= 15 is 0 Å². The topological polar surface area (TPSA) is 56.7 Å². The molecule has 0 amide bonds. The van der Waals surface area contributed by atoms with E-state index in [-0.39, 0.29) is 0 Å². The highest BCUT2D eigenvalue weighted by Gasteiger charge is 2.10. The summed E-state index contributed by atoms with van der Waals surface area (Å²) in [5.74, 6) is 1.80. The molecule has 0 spiro atoms. The summed E-state index contributed by atoms with van der Waals surface area (Å²) in [6.07, 6.45) is 1.81. The Labute approximate surface area is 141 Å². The van der Waals surface area contributed by atoms with Crippen LogP contribution in [0.15, 0.2) is 28.7 Å². The molecule has 2 aromatic heterocycles. The summed E-state index contributed by atoms with van der Waals surface area (Å²) in [5, 5.41) is 6.57. The summed E-state index contributed by atoms with van der Waals surface area (Å²) in [7, 11) is 7.80. The number of guanidine groups is 1. The van der Waals surface area contributed by atoms with Gasteiger partial charge in [0.25, 0.3) is 0 Å². The molecule has 0 bridgehead atoms. The zero-order chi connectivity index (χ0) is 16.8. The van der Waals surface area contributed by atoms with Gasteiger partial charge in [-0.25, -0.2) is 9.97 Å². The van der Waals surface area contributed by atoms with Crippen molar-refractivity contribution in [2.24, 2.45) is 4.99 Å². The van der Waals surface area contributed by atoms with Gasteiger partial charge < -0.3 is 15.1 Å². The zero-order valence-corrected chi connectivity index (χ0v) is 15.2. The van der Waals surface area contributed by atoms with Gasteiger partial charge in [-0.2, -0.15) is 0 Å². The molecule has 0 aromatic carbocycles. The van der Waals surface area contributed by atoms with Crippen molar-refractivity contribution in [1.29, 1.82) is 0 Å². The molecule has 0 aliphatic rings. The Morgan fingerprint density at radius 2 is 2.13 bits per heavy atom. The van der Waals surface area contributed by atoms with Gasteiger partial charge >= 0.3 is 0 Å². The molecular formula is C16H24N6S. The summed E-state index contributed by atoms with van der Waals surface area (Å²) < 4.78 is 0. The molecule has 23 heavy (non-hydrogen) atoms. The number of hydrogen-bond donors (Lipinski definition) is 1. The minimum Gasteiger partial charge on any atom is -0.362 e. The largest absolute Gasteiger partial charge is 0.362 e. The fourth-order valence-electron chi connectivity index (χ4n) is 2.33. The fraction of sp³-hybridized carbons (Fsp3) is 0.438. The molecule has 2 heterocycles. The summed E-state index contributed by atoms with van der Waals surface area (Å²) in [5.41, 5.74) is 2.20. The molecule has 1 N–H and O–H groups in total. The highest BCUT2D eigenvalue weighted by atomic mass is 32.1. The zero-order valence-electron chi connectivity index (χ0n) is 14.4. The second-order valence-corrected chi connectivity index (χ2v) is 6.56. The van der Waals surface area contributed by atoms with Gasteiger partial charge in [0.2, 0.25) is 0 Å². The summed E-state index contributed by atoms with van der Waals surface area (Å²) >= 11 is 1.67. The van der Waals surface area contributed by atoms with Gasteiger partial charge in [-0.15, -0.1) is 11.3 Å². The molecule has 0 saturated carbocycles. The average Bonchev–Trinajstić information content (AvgIpc) is 2.93. The highest BCUT2D eigenvalue weighted by molar-refractivity contribution is 7.09. The predicted octanol–water partition coefficient (Wildman–Crippen LogP) is 2.12. The van der Waals surface area contributed by atoms with Crippen molar-refractivity contribution in [2.75, 3.05) is 33.1 Å². The number of rotatable bonds is 5. The third-order valence-electron chi connectivity index (χ3n) is 3.37. The first-order chi connectivity index (χ1) is 11.0. The van der Waals surface area contributed by atoms with Crippen LogP contribution < -0.4 is 10.2 Å². The van der Waals surface area contributed by atoms with Crippen LogP contribution in [0, 0.1) is 6.92 Å². The van der Waals surface area contributed by atoms with Crippen LogP contribution in [0.2, 0.25) is 0 Å². The monoisotopic (exact) mass is 332 g/mol. The van der Waals surface area contributed by atoms with Crippen molar-refractivity contribution in [3.63, 3.8) is 0 Å². The molecule has 2 aromatic rings. The summed E-state index contributed by atoms with van der Waals surface area (Å²) in [6.45, 7) is 3.43. The van der Waals surface area contributed by atoms with E-state index in [0.717, 1.165) is 34.6 Å². The molecule has 0 atom stereocenters. The number of aromatic nitrogens is 2. The molecular weight excluding hydrogens is 308 g/mol. The second kappa shape index (κ2) is 7.92. The van der Waals surface area contributed by atoms with Crippen LogP contribution >= 0.6 is 11.3 Å². The predicted molar refractivity (Wildman–Crippen MR) is 97.1 cm³/mol. The van der Waals surface area contributed by atoms with Gasteiger partial charge in [-0.1, -0.05) is 6.07 Å². The number of aryl methyl sites for hydroxylation is 1. The summed E-state index contributed by atoms with van der Waals surface area (Å²) in [6, 6.07) is 4.03. The number of nitrogens with one attached hydrogen (secondary N) is 1. The second-order valence-electron chi connectivity index (χ2n) is 5.50. The third kappa shape index (κ3) is 4.66. The minimum atomic E-state index is 0.675. The van der Waals surface area contributed by atoms with E-state index < -0.39 is 0 Å². The number of anilines is 1. The maximum atomic E-state index is 4.50. The van der Waals surface area contributed by atoms with Gasteiger partial charge in [0, 0.05) is 51.9 Å².